The van der Waals surface area contributed by atoms with Crippen molar-refractivity contribution in [2.75, 3.05) is 47.1 Å². The smallest absolute Gasteiger partial charge is 0.243 e. The van der Waals surface area contributed by atoms with E-state index in [9.17, 15) is 8.42 Å². The second-order valence-corrected chi connectivity index (χ2v) is 12.3. The molecule has 1 aliphatic rings. The molecule has 1 aliphatic heterocycles. The maximum Gasteiger partial charge on any atom is 0.243 e. The van der Waals surface area contributed by atoms with E-state index in [0.29, 0.717) is 51.0 Å². The Morgan fingerprint density at radius 2 is 1.64 bits per heavy atom. The van der Waals surface area contributed by atoms with Crippen molar-refractivity contribution in [3.05, 3.63) is 82.5 Å². The van der Waals surface area contributed by atoms with Crippen LogP contribution in [0, 0.1) is 0 Å². The molecule has 1 aromatic heterocycles. The molecule has 0 bridgehead atoms. The van der Waals surface area contributed by atoms with Crippen LogP contribution < -0.4 is 19.0 Å². The fourth-order valence-corrected chi connectivity index (χ4v) is 7.13. The van der Waals surface area contributed by atoms with E-state index >= 15 is 0 Å². The van der Waals surface area contributed by atoms with E-state index in [1.165, 1.54) is 4.31 Å². The minimum atomic E-state index is -3.57. The molecule has 222 valence electrons. The molecule has 3 aromatic carbocycles. The molecule has 0 spiro atoms. The van der Waals surface area contributed by atoms with Crippen molar-refractivity contribution in [2.45, 2.75) is 24.8 Å². The molecule has 1 fully saturated rings. The van der Waals surface area contributed by atoms with E-state index < -0.39 is 10.0 Å². The zero-order valence-electron chi connectivity index (χ0n) is 24.0. The van der Waals surface area contributed by atoms with E-state index in [0.717, 1.165) is 39.5 Å². The van der Waals surface area contributed by atoms with Crippen LogP contribution in [0.4, 0.5) is 5.69 Å². The Balaban J connectivity index is 1.48. The van der Waals surface area contributed by atoms with Gasteiger partial charge in [-0.25, -0.2) is 13.4 Å². The van der Waals surface area contributed by atoms with Gasteiger partial charge in [0.1, 0.15) is 5.75 Å². The highest BCUT2D eigenvalue weighted by Gasteiger charge is 2.26. The van der Waals surface area contributed by atoms with Crippen LogP contribution in [0.25, 0.3) is 11.3 Å². The molecule has 5 rings (SSSR count). The van der Waals surface area contributed by atoms with Crippen LogP contribution in [-0.2, 0) is 27.7 Å². The molecule has 0 radical (unpaired) electrons. The van der Waals surface area contributed by atoms with Crippen molar-refractivity contribution in [2.24, 2.45) is 4.99 Å². The number of nitrogens with zero attached hydrogens (tertiary/aromatic N) is 3. The summed E-state index contributed by atoms with van der Waals surface area (Å²) >= 11 is 1.54. The first-order chi connectivity index (χ1) is 20.4. The molecule has 0 saturated carbocycles. The Bertz CT molecular complexity index is 1660. The summed E-state index contributed by atoms with van der Waals surface area (Å²) < 4.78 is 51.8. The lowest BCUT2D eigenvalue weighted by Gasteiger charge is -2.26. The average Bonchev–Trinajstić information content (AvgIpc) is 3.43. The summed E-state index contributed by atoms with van der Waals surface area (Å²) in [4.78, 5) is 6.06. The first-order valence-corrected chi connectivity index (χ1v) is 16.1. The van der Waals surface area contributed by atoms with Gasteiger partial charge in [0.05, 0.1) is 50.3 Å². The number of hydrogen-bond donors (Lipinski definition) is 0. The first-order valence-electron chi connectivity index (χ1n) is 13.8. The molecule has 0 N–H and O–H groups in total. The van der Waals surface area contributed by atoms with Gasteiger partial charge in [-0.2, -0.15) is 4.31 Å². The lowest BCUT2D eigenvalue weighted by atomic mass is 10.1. The summed E-state index contributed by atoms with van der Waals surface area (Å²) in [6.07, 6.45) is 0.726. The molecular formula is C31H35N3O6S2. The van der Waals surface area contributed by atoms with Crippen LogP contribution in [0.3, 0.4) is 0 Å². The topological polar surface area (TPSA) is 91.6 Å². The van der Waals surface area contributed by atoms with Crippen molar-refractivity contribution in [1.29, 1.82) is 0 Å². The van der Waals surface area contributed by atoms with Crippen LogP contribution >= 0.6 is 11.3 Å². The van der Waals surface area contributed by atoms with Crippen molar-refractivity contribution in [3.8, 4) is 28.5 Å². The standard InChI is InChI=1S/C31H35N3O6S2/c1-4-40-26-10-8-25(9-11-26)32-31-34(16-15-23-5-14-29(37-2)30(21-23)38-3)28(22-41-31)24-6-12-27(13-7-24)42(35,36)33-17-19-39-20-18-33/h5-14,21-22H,4,15-20H2,1-3H3. The number of hydrogen-bond acceptors (Lipinski definition) is 8. The van der Waals surface area contributed by atoms with Crippen LogP contribution in [0.5, 0.6) is 17.2 Å². The summed E-state index contributed by atoms with van der Waals surface area (Å²) in [7, 11) is -0.324. The molecule has 2 heterocycles. The molecule has 9 nitrogen and oxygen atoms in total. The normalized spacial score (nSPS) is 14.6. The number of methoxy groups -OCH3 is 2. The number of rotatable bonds is 11. The second-order valence-electron chi connectivity index (χ2n) is 9.57. The van der Waals surface area contributed by atoms with E-state index in [1.54, 1.807) is 37.7 Å². The lowest BCUT2D eigenvalue weighted by molar-refractivity contribution is 0.0730. The van der Waals surface area contributed by atoms with Gasteiger partial charge in [-0.3, -0.25) is 0 Å². The van der Waals surface area contributed by atoms with Gasteiger partial charge in [0.2, 0.25) is 10.0 Å². The summed E-state index contributed by atoms with van der Waals surface area (Å²) in [6, 6.07) is 20.7. The van der Waals surface area contributed by atoms with Crippen molar-refractivity contribution >= 4 is 27.0 Å². The SMILES string of the molecule is CCOc1ccc(N=c2scc(-c3ccc(S(=O)(=O)N4CCOCC4)cc3)n2CCc2ccc(OC)c(OC)c2)cc1. The number of thiazole rings is 1. The highest BCUT2D eigenvalue weighted by Crippen LogP contribution is 2.29. The Morgan fingerprint density at radius 3 is 2.31 bits per heavy atom. The number of sulfonamides is 1. The van der Waals surface area contributed by atoms with E-state index in [-0.39, 0.29) is 4.90 Å². The van der Waals surface area contributed by atoms with E-state index in [1.807, 2.05) is 61.5 Å². The van der Waals surface area contributed by atoms with Crippen molar-refractivity contribution < 1.29 is 27.4 Å². The molecule has 0 aliphatic carbocycles. The van der Waals surface area contributed by atoms with E-state index in [2.05, 4.69) is 9.95 Å². The quantitative estimate of drug-likeness (QED) is 0.234. The van der Waals surface area contributed by atoms with Gasteiger partial charge in [-0.1, -0.05) is 18.2 Å². The third-order valence-corrected chi connectivity index (χ3v) is 9.78. The molecule has 0 unspecified atom stereocenters. The maximum atomic E-state index is 13.2. The largest absolute Gasteiger partial charge is 0.494 e. The zero-order chi connectivity index (χ0) is 29.5. The molecule has 4 aromatic rings. The van der Waals surface area contributed by atoms with Gasteiger partial charge < -0.3 is 23.5 Å². The first kappa shape index (κ1) is 29.8. The number of benzene rings is 3. The fraction of sp³-hybridized carbons (Fsp3) is 0.323. The lowest BCUT2D eigenvalue weighted by Crippen LogP contribution is -2.40. The number of morpholine rings is 1. The zero-order valence-corrected chi connectivity index (χ0v) is 25.6. The summed E-state index contributed by atoms with van der Waals surface area (Å²) in [5.74, 6) is 2.17. The Morgan fingerprint density at radius 1 is 0.929 bits per heavy atom. The Kier molecular flexibility index (Phi) is 9.63. The van der Waals surface area contributed by atoms with E-state index in [4.69, 9.17) is 23.9 Å². The van der Waals surface area contributed by atoms with Crippen molar-refractivity contribution in [1.82, 2.24) is 8.87 Å². The molecule has 42 heavy (non-hydrogen) atoms. The highest BCUT2D eigenvalue weighted by molar-refractivity contribution is 7.89. The van der Waals surface area contributed by atoms with Gasteiger partial charge in [0, 0.05) is 25.0 Å². The Hall–Kier alpha value is -3.64. The molecule has 0 atom stereocenters. The van der Waals surface area contributed by atoms with Crippen LogP contribution in [0.15, 0.2) is 82.0 Å². The van der Waals surface area contributed by atoms with Gasteiger partial charge >= 0.3 is 0 Å². The number of ether oxygens (including phenoxy) is 4. The highest BCUT2D eigenvalue weighted by atomic mass is 32.2. The third-order valence-electron chi connectivity index (χ3n) is 7.00. The monoisotopic (exact) mass is 609 g/mol. The minimum Gasteiger partial charge on any atom is -0.494 e. The van der Waals surface area contributed by atoms with Crippen LogP contribution in [0.2, 0.25) is 0 Å². The second kappa shape index (κ2) is 13.6. The predicted molar refractivity (Wildman–Crippen MR) is 163 cm³/mol. The Labute approximate surface area is 250 Å². The molecule has 1 saturated heterocycles. The molecule has 0 amide bonds. The summed E-state index contributed by atoms with van der Waals surface area (Å²) in [5, 5.41) is 2.06. The average molecular weight is 610 g/mol. The summed E-state index contributed by atoms with van der Waals surface area (Å²) in [6.45, 7) is 4.75. The maximum absolute atomic E-state index is 13.2. The fourth-order valence-electron chi connectivity index (χ4n) is 4.77. The number of aromatic nitrogens is 1. The van der Waals surface area contributed by atoms with Crippen LogP contribution in [0.1, 0.15) is 12.5 Å². The minimum absolute atomic E-state index is 0.277. The molecular weight excluding hydrogens is 574 g/mol. The third kappa shape index (κ3) is 6.70. The summed E-state index contributed by atoms with van der Waals surface area (Å²) in [5.41, 5.74) is 3.78. The molecule has 11 heteroatoms. The van der Waals surface area contributed by atoms with Gasteiger partial charge in [0.15, 0.2) is 16.3 Å². The van der Waals surface area contributed by atoms with Gasteiger partial charge in [0.25, 0.3) is 0 Å². The van der Waals surface area contributed by atoms with Gasteiger partial charge in [-0.05, 0) is 73.0 Å². The predicted octanol–water partition coefficient (Wildman–Crippen LogP) is 5.13. The van der Waals surface area contributed by atoms with Crippen LogP contribution in [-0.4, -0.2) is 64.4 Å². The number of aryl methyl sites for hydroxylation is 1. The van der Waals surface area contributed by atoms with Crippen molar-refractivity contribution in [3.63, 3.8) is 0 Å². The van der Waals surface area contributed by atoms with Gasteiger partial charge in [-0.15, -0.1) is 11.3 Å².